The van der Waals surface area contributed by atoms with Crippen LogP contribution in [0.3, 0.4) is 0 Å². The van der Waals surface area contributed by atoms with E-state index in [1.165, 1.54) is 6.92 Å². The average molecular weight is 567 g/mol. The van der Waals surface area contributed by atoms with E-state index in [2.05, 4.69) is 27.3 Å². The smallest absolute Gasteiger partial charge is 0.245 e. The third-order valence-electron chi connectivity index (χ3n) is 8.62. The summed E-state index contributed by atoms with van der Waals surface area (Å²) in [6.07, 6.45) is 5.01. The van der Waals surface area contributed by atoms with Crippen LogP contribution in [-0.4, -0.2) is 61.4 Å². The lowest BCUT2D eigenvalue weighted by Gasteiger charge is -2.27. The number of carbonyl (C=O) groups excluding carboxylic acids is 3. The molecule has 2 aromatic heterocycles. The predicted octanol–water partition coefficient (Wildman–Crippen LogP) is 4.02. The molecule has 0 spiro atoms. The molecule has 216 valence electrons. The number of hydrogen-bond acceptors (Lipinski definition) is 7. The SMILES string of the molecule is COc1ccc(CNC(=O)[C@@H]2C[C@@]3(C)CC3N2C(=O)Cn2nc(C(C)=O)c3cc(-c4cnc(C)nc4)cc(C)c32)cc1. The van der Waals surface area contributed by atoms with Crippen LogP contribution in [-0.2, 0) is 22.7 Å². The highest BCUT2D eigenvalue weighted by molar-refractivity contribution is 6.07. The molecule has 6 rings (SSSR count). The molecule has 3 atom stereocenters. The molecule has 1 saturated heterocycles. The second-order valence-electron chi connectivity index (χ2n) is 11.7. The number of aryl methyl sites for hydroxylation is 2. The van der Waals surface area contributed by atoms with Crippen LogP contribution >= 0.6 is 0 Å². The van der Waals surface area contributed by atoms with Crippen LogP contribution in [0, 0.1) is 19.3 Å². The number of hydrogen-bond donors (Lipinski definition) is 1. The Morgan fingerprint density at radius 2 is 1.76 bits per heavy atom. The summed E-state index contributed by atoms with van der Waals surface area (Å²) in [5, 5.41) is 8.30. The minimum atomic E-state index is -0.553. The molecule has 4 aromatic rings. The first-order valence-electron chi connectivity index (χ1n) is 14.1. The maximum absolute atomic E-state index is 13.9. The highest BCUT2D eigenvalue weighted by Crippen LogP contribution is 2.59. The number of nitrogens with zero attached hydrogens (tertiary/aromatic N) is 5. The van der Waals surface area contributed by atoms with Gasteiger partial charge in [-0.3, -0.25) is 19.1 Å². The van der Waals surface area contributed by atoms with Crippen LogP contribution in [0.4, 0.5) is 0 Å². The molecular weight excluding hydrogens is 532 g/mol. The van der Waals surface area contributed by atoms with Crippen molar-refractivity contribution in [3.63, 3.8) is 0 Å². The quantitative estimate of drug-likeness (QED) is 0.320. The number of ether oxygens (including phenoxy) is 1. The van der Waals surface area contributed by atoms with Crippen LogP contribution in [0.2, 0.25) is 0 Å². The summed E-state index contributed by atoms with van der Waals surface area (Å²) in [4.78, 5) is 50.2. The van der Waals surface area contributed by atoms with Gasteiger partial charge in [0.15, 0.2) is 5.78 Å². The molecule has 0 bridgehead atoms. The summed E-state index contributed by atoms with van der Waals surface area (Å²) < 4.78 is 6.82. The number of fused-ring (bicyclic) bond motifs is 2. The van der Waals surface area contributed by atoms with E-state index < -0.39 is 6.04 Å². The summed E-state index contributed by atoms with van der Waals surface area (Å²) in [6, 6.07) is 10.9. The molecule has 1 aliphatic carbocycles. The maximum atomic E-state index is 13.9. The number of Topliss-reactive ketones (excluding diaryl/α,β-unsaturated/α-hetero) is 1. The Bertz CT molecular complexity index is 1710. The Balaban J connectivity index is 1.26. The van der Waals surface area contributed by atoms with Crippen LogP contribution in [0.1, 0.15) is 54.1 Å². The largest absolute Gasteiger partial charge is 0.497 e. The van der Waals surface area contributed by atoms with E-state index in [1.807, 2.05) is 50.2 Å². The van der Waals surface area contributed by atoms with Crippen molar-refractivity contribution in [2.75, 3.05) is 7.11 Å². The molecule has 2 amide bonds. The van der Waals surface area contributed by atoms with Gasteiger partial charge in [0.1, 0.15) is 29.9 Å². The number of carbonyl (C=O) groups is 3. The van der Waals surface area contributed by atoms with Gasteiger partial charge in [-0.05, 0) is 73.1 Å². The molecule has 2 fully saturated rings. The number of benzene rings is 2. The van der Waals surface area contributed by atoms with Gasteiger partial charge in [0, 0.05) is 42.9 Å². The molecule has 42 heavy (non-hydrogen) atoms. The number of aromatic nitrogens is 4. The Morgan fingerprint density at radius 3 is 2.43 bits per heavy atom. The normalized spacial score (nSPS) is 20.8. The molecular formula is C32H34N6O4. The molecule has 0 radical (unpaired) electrons. The van der Waals surface area contributed by atoms with Gasteiger partial charge in [-0.2, -0.15) is 5.10 Å². The topological polar surface area (TPSA) is 119 Å². The van der Waals surface area contributed by atoms with Crippen LogP contribution in [0.25, 0.3) is 22.0 Å². The summed E-state index contributed by atoms with van der Waals surface area (Å²) in [7, 11) is 1.61. The van der Waals surface area contributed by atoms with E-state index in [0.717, 1.165) is 39.9 Å². The van der Waals surface area contributed by atoms with E-state index in [4.69, 9.17) is 4.74 Å². The van der Waals surface area contributed by atoms with E-state index in [9.17, 15) is 14.4 Å². The molecule has 1 aliphatic heterocycles. The van der Waals surface area contributed by atoms with E-state index in [0.29, 0.717) is 29.9 Å². The lowest BCUT2D eigenvalue weighted by molar-refractivity contribution is -0.140. The second-order valence-corrected chi connectivity index (χ2v) is 11.7. The van der Waals surface area contributed by atoms with E-state index >= 15 is 0 Å². The monoisotopic (exact) mass is 566 g/mol. The van der Waals surface area contributed by atoms with Crippen LogP contribution in [0.5, 0.6) is 5.75 Å². The van der Waals surface area contributed by atoms with Crippen molar-refractivity contribution in [1.82, 2.24) is 30.0 Å². The van der Waals surface area contributed by atoms with Crippen LogP contribution in [0.15, 0.2) is 48.8 Å². The van der Waals surface area contributed by atoms with Crippen molar-refractivity contribution in [3.8, 4) is 16.9 Å². The third-order valence-corrected chi connectivity index (χ3v) is 8.62. The molecule has 1 saturated carbocycles. The first-order chi connectivity index (χ1) is 20.1. The van der Waals surface area contributed by atoms with E-state index in [1.54, 1.807) is 29.1 Å². The summed E-state index contributed by atoms with van der Waals surface area (Å²) >= 11 is 0. The maximum Gasteiger partial charge on any atom is 0.245 e. The van der Waals surface area contributed by atoms with Crippen molar-refractivity contribution in [3.05, 3.63) is 71.4 Å². The van der Waals surface area contributed by atoms with Gasteiger partial charge in [0.25, 0.3) is 0 Å². The molecule has 10 heteroatoms. The number of methoxy groups -OCH3 is 1. The highest BCUT2D eigenvalue weighted by Gasteiger charge is 2.64. The fourth-order valence-corrected chi connectivity index (χ4v) is 6.23. The molecule has 10 nitrogen and oxygen atoms in total. The van der Waals surface area contributed by atoms with Crippen LogP contribution < -0.4 is 10.1 Å². The summed E-state index contributed by atoms with van der Waals surface area (Å²) in [6.45, 7) is 7.68. The van der Waals surface area contributed by atoms with Crippen molar-refractivity contribution < 1.29 is 19.1 Å². The van der Waals surface area contributed by atoms with Gasteiger partial charge in [0.05, 0.1) is 12.6 Å². The molecule has 1 unspecified atom stereocenters. The zero-order valence-corrected chi connectivity index (χ0v) is 24.5. The minimum absolute atomic E-state index is 0.0186. The second kappa shape index (κ2) is 10.3. The van der Waals surface area contributed by atoms with Gasteiger partial charge in [-0.25, -0.2) is 9.97 Å². The van der Waals surface area contributed by atoms with Gasteiger partial charge in [-0.15, -0.1) is 0 Å². The van der Waals surface area contributed by atoms with Crippen molar-refractivity contribution in [2.45, 2.75) is 65.7 Å². The molecule has 3 heterocycles. The minimum Gasteiger partial charge on any atom is -0.497 e. The molecule has 2 aromatic carbocycles. The summed E-state index contributed by atoms with van der Waals surface area (Å²) in [5.41, 5.74) is 4.50. The number of rotatable bonds is 8. The number of amides is 2. The molecule has 2 aliphatic rings. The first-order valence-corrected chi connectivity index (χ1v) is 14.1. The fraction of sp³-hybridized carbons (Fsp3) is 0.375. The Morgan fingerprint density at radius 1 is 1.05 bits per heavy atom. The fourth-order valence-electron chi connectivity index (χ4n) is 6.23. The third kappa shape index (κ3) is 4.91. The lowest BCUT2D eigenvalue weighted by Crippen LogP contribution is -2.48. The van der Waals surface area contributed by atoms with Crippen molar-refractivity contribution in [1.29, 1.82) is 0 Å². The predicted molar refractivity (Wildman–Crippen MR) is 157 cm³/mol. The zero-order chi connectivity index (χ0) is 29.8. The first kappa shape index (κ1) is 27.6. The van der Waals surface area contributed by atoms with Crippen molar-refractivity contribution in [2.24, 2.45) is 5.41 Å². The number of nitrogens with one attached hydrogen (secondary N) is 1. The number of piperidine rings is 1. The molecule has 1 N–H and O–H groups in total. The Hall–Kier alpha value is -4.60. The Labute approximate surface area is 244 Å². The average Bonchev–Trinajstić information content (AvgIpc) is 3.32. The van der Waals surface area contributed by atoms with Gasteiger partial charge < -0.3 is 15.0 Å². The van der Waals surface area contributed by atoms with E-state index in [-0.39, 0.29) is 35.6 Å². The van der Waals surface area contributed by atoms with Gasteiger partial charge in [0.2, 0.25) is 11.8 Å². The summed E-state index contributed by atoms with van der Waals surface area (Å²) in [5.74, 6) is 0.896. The lowest BCUT2D eigenvalue weighted by atomic mass is 10.0. The van der Waals surface area contributed by atoms with Crippen molar-refractivity contribution >= 4 is 28.5 Å². The zero-order valence-electron chi connectivity index (χ0n) is 24.5. The van der Waals surface area contributed by atoms with Gasteiger partial charge in [-0.1, -0.05) is 19.1 Å². The number of ketones is 1. The highest BCUT2D eigenvalue weighted by atomic mass is 16.5. The van der Waals surface area contributed by atoms with Gasteiger partial charge >= 0.3 is 0 Å². The Kier molecular flexibility index (Phi) is 6.79. The number of likely N-dealkylation sites (tertiary alicyclic amines) is 1. The standard InChI is InChI=1S/C32H34N6O4/c1-18-10-22(23-15-33-20(3)34-16-23)11-25-29(19(2)39)36-37(30(18)25)17-28(40)38-26(12-32(4)13-27(32)38)31(41)35-14-21-6-8-24(42-5)9-7-21/h6-11,15-16,26-27H,12-14,17H2,1-5H3,(H,35,41)/t26-,27?,32-/m0/s1.